The van der Waals surface area contributed by atoms with Gasteiger partial charge in [-0.3, -0.25) is 0 Å². The summed E-state index contributed by atoms with van der Waals surface area (Å²) in [5.74, 6) is 0.443. The number of halogens is 1. The summed E-state index contributed by atoms with van der Waals surface area (Å²) in [5, 5.41) is 0. The second-order valence-electron chi connectivity index (χ2n) is 4.73. The van der Waals surface area contributed by atoms with E-state index in [2.05, 4.69) is 0 Å². The summed E-state index contributed by atoms with van der Waals surface area (Å²) >= 11 is 0. The molecule has 0 amide bonds. The lowest BCUT2D eigenvalue weighted by Gasteiger charge is -2.25. The quantitative estimate of drug-likeness (QED) is 0.925. The van der Waals surface area contributed by atoms with Gasteiger partial charge in [-0.25, -0.2) is 4.39 Å². The highest BCUT2D eigenvalue weighted by atomic mass is 19.1. The van der Waals surface area contributed by atoms with Gasteiger partial charge >= 0.3 is 0 Å². The minimum Gasteiger partial charge on any atom is -0.497 e. The van der Waals surface area contributed by atoms with E-state index in [-0.39, 0.29) is 11.9 Å². The van der Waals surface area contributed by atoms with Crippen molar-refractivity contribution in [2.24, 2.45) is 5.73 Å². The molecule has 106 valence electrons. The van der Waals surface area contributed by atoms with Crippen LogP contribution in [0.25, 0.3) is 0 Å². The van der Waals surface area contributed by atoms with Crippen LogP contribution in [0.3, 0.4) is 0 Å². The molecule has 0 saturated heterocycles. The van der Waals surface area contributed by atoms with E-state index < -0.39 is 0 Å². The summed E-state index contributed by atoms with van der Waals surface area (Å²) in [5.41, 5.74) is 8.05. The minimum absolute atomic E-state index is 0.242. The van der Waals surface area contributed by atoms with Crippen LogP contribution < -0.4 is 15.4 Å². The largest absolute Gasteiger partial charge is 0.497 e. The molecular weight excluding hydrogens is 255 g/mol. The minimum atomic E-state index is -0.287. The van der Waals surface area contributed by atoms with Crippen LogP contribution in [0.2, 0.25) is 0 Å². The molecule has 0 heterocycles. The summed E-state index contributed by atoms with van der Waals surface area (Å²) in [7, 11) is 3.43. The first kappa shape index (κ1) is 14.3. The molecule has 0 aliphatic heterocycles. The summed E-state index contributed by atoms with van der Waals surface area (Å²) < 4.78 is 19.4. The van der Waals surface area contributed by atoms with Crippen molar-refractivity contribution in [3.8, 4) is 5.75 Å². The topological polar surface area (TPSA) is 38.5 Å². The van der Waals surface area contributed by atoms with Crippen molar-refractivity contribution in [1.82, 2.24) is 0 Å². The van der Waals surface area contributed by atoms with Gasteiger partial charge in [0.25, 0.3) is 0 Å². The molecule has 2 aromatic carbocycles. The van der Waals surface area contributed by atoms with E-state index in [0.717, 1.165) is 17.0 Å². The predicted molar refractivity (Wildman–Crippen MR) is 80.1 cm³/mol. The number of methoxy groups -OCH3 is 1. The Morgan fingerprint density at radius 2 is 1.90 bits per heavy atom. The standard InChI is InChI=1S/C16H19FN2O/c1-11(18)14-8-5-9-15(17)16(14)19(2)12-6-4-7-13(10-12)20-3/h4-11H,18H2,1-3H3/t11-/m0/s1. The van der Waals surface area contributed by atoms with Crippen LogP contribution in [0.1, 0.15) is 18.5 Å². The first-order chi connectivity index (χ1) is 9.54. The molecule has 2 N–H and O–H groups in total. The SMILES string of the molecule is COc1cccc(N(C)c2c(F)cccc2[C@H](C)N)c1. The molecule has 0 fully saturated rings. The van der Waals surface area contributed by atoms with Crippen LogP contribution in [0.5, 0.6) is 5.75 Å². The van der Waals surface area contributed by atoms with Gasteiger partial charge in [0.1, 0.15) is 11.6 Å². The number of anilines is 2. The van der Waals surface area contributed by atoms with E-state index in [0.29, 0.717) is 5.69 Å². The van der Waals surface area contributed by atoms with Crippen molar-refractivity contribution in [1.29, 1.82) is 0 Å². The fourth-order valence-electron chi connectivity index (χ4n) is 2.20. The Kier molecular flexibility index (Phi) is 4.25. The molecule has 1 atom stereocenters. The van der Waals surface area contributed by atoms with Crippen molar-refractivity contribution >= 4 is 11.4 Å². The molecule has 0 saturated carbocycles. The molecule has 0 aromatic heterocycles. The number of hydrogen-bond acceptors (Lipinski definition) is 3. The van der Waals surface area contributed by atoms with Crippen LogP contribution in [-0.4, -0.2) is 14.2 Å². The number of rotatable bonds is 4. The van der Waals surface area contributed by atoms with Gasteiger partial charge in [0.2, 0.25) is 0 Å². The molecule has 0 aliphatic carbocycles. The fraction of sp³-hybridized carbons (Fsp3) is 0.250. The van der Waals surface area contributed by atoms with Crippen molar-refractivity contribution in [3.63, 3.8) is 0 Å². The molecule has 0 unspecified atom stereocenters. The van der Waals surface area contributed by atoms with Crippen molar-refractivity contribution < 1.29 is 9.13 Å². The molecule has 0 aliphatic rings. The van der Waals surface area contributed by atoms with Gasteiger partial charge in [-0.05, 0) is 30.7 Å². The fourth-order valence-corrected chi connectivity index (χ4v) is 2.20. The average molecular weight is 274 g/mol. The van der Waals surface area contributed by atoms with Gasteiger partial charge in [0.05, 0.1) is 12.8 Å². The van der Waals surface area contributed by atoms with Crippen LogP contribution in [0.4, 0.5) is 15.8 Å². The van der Waals surface area contributed by atoms with Gasteiger partial charge in [0, 0.05) is 24.8 Å². The molecule has 0 spiro atoms. The van der Waals surface area contributed by atoms with Crippen LogP contribution in [-0.2, 0) is 0 Å². The smallest absolute Gasteiger partial charge is 0.147 e. The van der Waals surface area contributed by atoms with E-state index >= 15 is 0 Å². The Bertz CT molecular complexity index is 599. The van der Waals surface area contributed by atoms with Gasteiger partial charge in [0.15, 0.2) is 0 Å². The summed E-state index contributed by atoms with van der Waals surface area (Å²) in [4.78, 5) is 1.79. The average Bonchev–Trinajstić information content (AvgIpc) is 2.46. The maximum absolute atomic E-state index is 14.2. The van der Waals surface area contributed by atoms with Gasteiger partial charge in [-0.1, -0.05) is 18.2 Å². The lowest BCUT2D eigenvalue weighted by molar-refractivity contribution is 0.415. The lowest BCUT2D eigenvalue weighted by atomic mass is 10.0. The third-order valence-corrected chi connectivity index (χ3v) is 3.28. The Morgan fingerprint density at radius 1 is 1.20 bits per heavy atom. The van der Waals surface area contributed by atoms with Crippen LogP contribution in [0, 0.1) is 5.82 Å². The van der Waals surface area contributed by atoms with Crippen LogP contribution >= 0.6 is 0 Å². The summed E-state index contributed by atoms with van der Waals surface area (Å²) in [6.45, 7) is 1.84. The molecule has 0 bridgehead atoms. The highest BCUT2D eigenvalue weighted by Gasteiger charge is 2.16. The van der Waals surface area contributed by atoms with E-state index in [9.17, 15) is 4.39 Å². The normalized spacial score (nSPS) is 12.1. The van der Waals surface area contributed by atoms with Gasteiger partial charge < -0.3 is 15.4 Å². The van der Waals surface area contributed by atoms with Crippen molar-refractivity contribution in [2.45, 2.75) is 13.0 Å². The molecular formula is C16H19FN2O. The maximum atomic E-state index is 14.2. The number of hydrogen-bond donors (Lipinski definition) is 1. The van der Waals surface area contributed by atoms with E-state index in [1.165, 1.54) is 6.07 Å². The molecule has 2 aromatic rings. The predicted octanol–water partition coefficient (Wildman–Crippen LogP) is 3.62. The first-order valence-corrected chi connectivity index (χ1v) is 6.46. The Morgan fingerprint density at radius 3 is 2.55 bits per heavy atom. The van der Waals surface area contributed by atoms with E-state index in [1.807, 2.05) is 44.3 Å². The zero-order chi connectivity index (χ0) is 14.7. The van der Waals surface area contributed by atoms with Gasteiger partial charge in [-0.15, -0.1) is 0 Å². The lowest BCUT2D eigenvalue weighted by Crippen LogP contribution is -2.17. The summed E-state index contributed by atoms with van der Waals surface area (Å²) in [6.07, 6.45) is 0. The number of benzene rings is 2. The molecule has 0 radical (unpaired) electrons. The monoisotopic (exact) mass is 274 g/mol. The maximum Gasteiger partial charge on any atom is 0.147 e. The van der Waals surface area contributed by atoms with Crippen molar-refractivity contribution in [3.05, 3.63) is 53.8 Å². The van der Waals surface area contributed by atoms with Gasteiger partial charge in [-0.2, -0.15) is 0 Å². The highest BCUT2D eigenvalue weighted by Crippen LogP contribution is 2.33. The second-order valence-corrected chi connectivity index (χ2v) is 4.73. The molecule has 20 heavy (non-hydrogen) atoms. The molecule has 3 nitrogen and oxygen atoms in total. The summed E-state index contributed by atoms with van der Waals surface area (Å²) in [6, 6.07) is 12.2. The number of nitrogens with zero attached hydrogens (tertiary/aromatic N) is 1. The second kappa shape index (κ2) is 5.92. The van der Waals surface area contributed by atoms with Crippen molar-refractivity contribution in [2.75, 3.05) is 19.1 Å². The molecule has 2 rings (SSSR count). The van der Waals surface area contributed by atoms with Crippen LogP contribution in [0.15, 0.2) is 42.5 Å². The molecule has 4 heteroatoms. The van der Waals surface area contributed by atoms with E-state index in [4.69, 9.17) is 10.5 Å². The first-order valence-electron chi connectivity index (χ1n) is 6.46. The number of nitrogens with two attached hydrogens (primary N) is 1. The number of para-hydroxylation sites is 1. The third-order valence-electron chi connectivity index (χ3n) is 3.28. The highest BCUT2D eigenvalue weighted by molar-refractivity contribution is 5.68. The Balaban J connectivity index is 2.49. The zero-order valence-electron chi connectivity index (χ0n) is 11.9. The Hall–Kier alpha value is -2.07. The third kappa shape index (κ3) is 2.75. The van der Waals surface area contributed by atoms with E-state index in [1.54, 1.807) is 18.1 Å². The number of ether oxygens (including phenoxy) is 1. The zero-order valence-corrected chi connectivity index (χ0v) is 11.9. The Labute approximate surface area is 118 Å².